The first kappa shape index (κ1) is 12.1. The smallest absolute Gasteiger partial charge is 0.124 e. The average Bonchev–Trinajstić information content (AvgIpc) is 2.79. The standard InChI is InChI=1S/C13H19N3OS/c14-12(18)11-10-3-1-2-6-16(10)13(15-11)9-4-7-17-8-5-9/h9H,1-8H2,(H2,14,18). The Morgan fingerprint density at radius 1 is 1.33 bits per heavy atom. The number of nitrogens with two attached hydrogens (primary N) is 1. The number of thiocarbonyl (C=S) groups is 1. The quantitative estimate of drug-likeness (QED) is 0.828. The third-order valence-corrected chi connectivity index (χ3v) is 4.16. The molecule has 0 unspecified atom stereocenters. The monoisotopic (exact) mass is 265 g/mol. The number of rotatable bonds is 2. The first-order valence-corrected chi connectivity index (χ1v) is 7.15. The first-order chi connectivity index (χ1) is 8.77. The van der Waals surface area contributed by atoms with Crippen molar-refractivity contribution in [2.24, 2.45) is 5.73 Å². The Kier molecular flexibility index (Phi) is 3.35. The average molecular weight is 265 g/mol. The highest BCUT2D eigenvalue weighted by atomic mass is 32.1. The van der Waals surface area contributed by atoms with E-state index < -0.39 is 0 Å². The Labute approximate surface area is 113 Å². The maximum atomic E-state index is 5.81. The van der Waals surface area contributed by atoms with Crippen LogP contribution < -0.4 is 5.73 Å². The summed E-state index contributed by atoms with van der Waals surface area (Å²) < 4.78 is 7.80. The SMILES string of the molecule is NC(=S)c1nc(C2CCOCC2)n2c1CCCC2. The van der Waals surface area contributed by atoms with Gasteiger partial charge in [-0.3, -0.25) is 0 Å². The van der Waals surface area contributed by atoms with Crippen molar-refractivity contribution in [1.82, 2.24) is 9.55 Å². The largest absolute Gasteiger partial charge is 0.388 e. The van der Waals surface area contributed by atoms with Gasteiger partial charge in [0.25, 0.3) is 0 Å². The summed E-state index contributed by atoms with van der Waals surface area (Å²) in [6.07, 6.45) is 5.63. The molecule has 1 fully saturated rings. The van der Waals surface area contributed by atoms with Crippen LogP contribution in [0.15, 0.2) is 0 Å². The van der Waals surface area contributed by atoms with Crippen LogP contribution in [0, 0.1) is 0 Å². The lowest BCUT2D eigenvalue weighted by Gasteiger charge is -2.24. The first-order valence-electron chi connectivity index (χ1n) is 6.74. The summed E-state index contributed by atoms with van der Waals surface area (Å²) in [5, 5.41) is 0. The molecule has 3 rings (SSSR count). The molecule has 4 nitrogen and oxygen atoms in total. The number of imidazole rings is 1. The van der Waals surface area contributed by atoms with Crippen molar-refractivity contribution in [3.05, 3.63) is 17.2 Å². The lowest BCUT2D eigenvalue weighted by Crippen LogP contribution is -2.20. The van der Waals surface area contributed by atoms with Gasteiger partial charge in [-0.15, -0.1) is 0 Å². The minimum atomic E-state index is 0.443. The van der Waals surface area contributed by atoms with Gasteiger partial charge < -0.3 is 15.0 Å². The Balaban J connectivity index is 2.00. The minimum absolute atomic E-state index is 0.443. The molecule has 5 heteroatoms. The van der Waals surface area contributed by atoms with Crippen molar-refractivity contribution in [1.29, 1.82) is 0 Å². The van der Waals surface area contributed by atoms with Gasteiger partial charge in [0.1, 0.15) is 16.5 Å². The van der Waals surface area contributed by atoms with Crippen LogP contribution in [0.1, 0.15) is 48.8 Å². The van der Waals surface area contributed by atoms with Gasteiger partial charge in [-0.1, -0.05) is 12.2 Å². The molecule has 0 bridgehead atoms. The maximum absolute atomic E-state index is 5.81. The molecule has 0 saturated carbocycles. The topological polar surface area (TPSA) is 53.1 Å². The highest BCUT2D eigenvalue weighted by Gasteiger charge is 2.27. The lowest BCUT2D eigenvalue weighted by molar-refractivity contribution is 0.0826. The summed E-state index contributed by atoms with van der Waals surface area (Å²) in [5.41, 5.74) is 7.94. The van der Waals surface area contributed by atoms with E-state index in [1.165, 1.54) is 24.4 Å². The van der Waals surface area contributed by atoms with Crippen LogP contribution in [0.3, 0.4) is 0 Å². The number of ether oxygens (including phenoxy) is 1. The van der Waals surface area contributed by atoms with Gasteiger partial charge in [-0.05, 0) is 32.1 Å². The summed E-state index contributed by atoms with van der Waals surface area (Å²) in [6.45, 7) is 2.75. The molecule has 0 radical (unpaired) electrons. The van der Waals surface area contributed by atoms with E-state index in [-0.39, 0.29) is 0 Å². The van der Waals surface area contributed by atoms with Crippen LogP contribution in [0.25, 0.3) is 0 Å². The van der Waals surface area contributed by atoms with E-state index in [9.17, 15) is 0 Å². The molecule has 1 saturated heterocycles. The molecular weight excluding hydrogens is 246 g/mol. The fourth-order valence-corrected chi connectivity index (χ4v) is 3.20. The molecule has 1 aromatic heterocycles. The van der Waals surface area contributed by atoms with Gasteiger partial charge in [-0.2, -0.15) is 0 Å². The van der Waals surface area contributed by atoms with E-state index in [2.05, 4.69) is 4.57 Å². The van der Waals surface area contributed by atoms with Crippen molar-refractivity contribution in [3.63, 3.8) is 0 Å². The Morgan fingerprint density at radius 3 is 2.83 bits per heavy atom. The molecule has 3 heterocycles. The van der Waals surface area contributed by atoms with E-state index in [0.29, 0.717) is 10.9 Å². The number of nitrogens with zero attached hydrogens (tertiary/aromatic N) is 2. The predicted molar refractivity (Wildman–Crippen MR) is 73.8 cm³/mol. The summed E-state index contributed by atoms with van der Waals surface area (Å²) in [4.78, 5) is 5.20. The fourth-order valence-electron chi connectivity index (χ4n) is 3.04. The highest BCUT2D eigenvalue weighted by Crippen LogP contribution is 2.30. The fraction of sp³-hybridized carbons (Fsp3) is 0.692. The van der Waals surface area contributed by atoms with Crippen molar-refractivity contribution in [3.8, 4) is 0 Å². The Morgan fingerprint density at radius 2 is 2.11 bits per heavy atom. The third-order valence-electron chi connectivity index (χ3n) is 3.97. The van der Waals surface area contributed by atoms with Crippen LogP contribution in [-0.4, -0.2) is 27.8 Å². The second kappa shape index (κ2) is 4.97. The number of hydrogen-bond donors (Lipinski definition) is 1. The number of hydrogen-bond acceptors (Lipinski definition) is 3. The number of fused-ring (bicyclic) bond motifs is 1. The summed E-state index contributed by atoms with van der Waals surface area (Å²) in [5.74, 6) is 1.70. The van der Waals surface area contributed by atoms with Crippen molar-refractivity contribution >= 4 is 17.2 Å². The molecular formula is C13H19N3OS. The lowest BCUT2D eigenvalue weighted by atomic mass is 9.99. The van der Waals surface area contributed by atoms with Gasteiger partial charge in [0.05, 0.1) is 0 Å². The number of aromatic nitrogens is 2. The van der Waals surface area contributed by atoms with Crippen LogP contribution in [0.4, 0.5) is 0 Å². The molecule has 1 aromatic rings. The molecule has 18 heavy (non-hydrogen) atoms. The zero-order chi connectivity index (χ0) is 12.5. The predicted octanol–water partition coefficient (Wildman–Crippen LogP) is 1.75. The van der Waals surface area contributed by atoms with E-state index in [1.54, 1.807) is 0 Å². The third kappa shape index (κ3) is 2.06. The van der Waals surface area contributed by atoms with Crippen LogP contribution in [-0.2, 0) is 17.7 Å². The zero-order valence-corrected chi connectivity index (χ0v) is 11.3. The Hall–Kier alpha value is -0.940. The van der Waals surface area contributed by atoms with Gasteiger partial charge in [-0.25, -0.2) is 4.98 Å². The van der Waals surface area contributed by atoms with E-state index in [1.807, 2.05) is 0 Å². The van der Waals surface area contributed by atoms with Gasteiger partial charge in [0.15, 0.2) is 0 Å². The van der Waals surface area contributed by atoms with Crippen LogP contribution in [0.5, 0.6) is 0 Å². The van der Waals surface area contributed by atoms with Crippen molar-refractivity contribution in [2.45, 2.75) is 44.6 Å². The van der Waals surface area contributed by atoms with Gasteiger partial charge in [0.2, 0.25) is 0 Å². The van der Waals surface area contributed by atoms with E-state index in [0.717, 1.165) is 44.7 Å². The van der Waals surface area contributed by atoms with E-state index in [4.69, 9.17) is 27.7 Å². The molecule has 0 aliphatic carbocycles. The van der Waals surface area contributed by atoms with Crippen LogP contribution in [0.2, 0.25) is 0 Å². The molecule has 0 spiro atoms. The van der Waals surface area contributed by atoms with Crippen molar-refractivity contribution in [2.75, 3.05) is 13.2 Å². The molecule has 98 valence electrons. The van der Waals surface area contributed by atoms with Crippen LogP contribution >= 0.6 is 12.2 Å². The highest BCUT2D eigenvalue weighted by molar-refractivity contribution is 7.80. The molecule has 2 aliphatic heterocycles. The van der Waals surface area contributed by atoms with Crippen molar-refractivity contribution < 1.29 is 4.74 Å². The molecule has 0 amide bonds. The molecule has 2 aliphatic rings. The Bertz CT molecular complexity index is 463. The normalized spacial score (nSPS) is 20.7. The zero-order valence-electron chi connectivity index (χ0n) is 10.5. The second-order valence-electron chi connectivity index (χ2n) is 5.12. The second-order valence-corrected chi connectivity index (χ2v) is 5.56. The summed E-state index contributed by atoms with van der Waals surface area (Å²) in [6, 6.07) is 0. The van der Waals surface area contributed by atoms with Gasteiger partial charge >= 0.3 is 0 Å². The summed E-state index contributed by atoms with van der Waals surface area (Å²) >= 11 is 5.14. The maximum Gasteiger partial charge on any atom is 0.124 e. The molecule has 0 atom stereocenters. The minimum Gasteiger partial charge on any atom is -0.388 e. The molecule has 2 N–H and O–H groups in total. The van der Waals surface area contributed by atoms with E-state index >= 15 is 0 Å². The summed E-state index contributed by atoms with van der Waals surface area (Å²) in [7, 11) is 0. The van der Waals surface area contributed by atoms with Gasteiger partial charge in [0, 0.05) is 31.4 Å². The molecule has 0 aromatic carbocycles.